The van der Waals surface area contributed by atoms with Crippen LogP contribution in [0.1, 0.15) is 11.1 Å². The van der Waals surface area contributed by atoms with Crippen molar-refractivity contribution in [3.8, 4) is 33.1 Å². The Balaban J connectivity index is 1.44. The van der Waals surface area contributed by atoms with Crippen LogP contribution in [-0.4, -0.2) is 38.3 Å². The van der Waals surface area contributed by atoms with Gasteiger partial charge in [0, 0.05) is 40.9 Å². The van der Waals surface area contributed by atoms with Crippen LogP contribution in [0.25, 0.3) is 0 Å². The van der Waals surface area contributed by atoms with Crippen LogP contribution in [0.4, 0.5) is 21.4 Å². The molecular formula is C26H26N4O11PS2+. The molecule has 2 heterocycles. The highest BCUT2D eigenvalue weighted by atomic mass is 32.1. The van der Waals surface area contributed by atoms with Crippen molar-refractivity contribution in [3.05, 3.63) is 79.9 Å². The second-order valence-corrected chi connectivity index (χ2v) is 11.4. The third-order valence-corrected chi connectivity index (χ3v) is 8.83. The fourth-order valence-electron chi connectivity index (χ4n) is 3.85. The van der Waals surface area contributed by atoms with Crippen molar-refractivity contribution in [2.24, 2.45) is 0 Å². The fraction of sp³-hybridized carbons (Fsp3) is 0.231. The number of thiophene rings is 2. The number of nitro groups is 2. The van der Waals surface area contributed by atoms with E-state index in [-0.39, 0.29) is 44.6 Å². The van der Waals surface area contributed by atoms with E-state index in [0.717, 1.165) is 34.8 Å². The molecule has 0 aliphatic heterocycles. The molecule has 4 rings (SSSR count). The van der Waals surface area contributed by atoms with Crippen molar-refractivity contribution in [2.75, 3.05) is 39.1 Å². The first-order valence-electron chi connectivity index (χ1n) is 12.4. The summed E-state index contributed by atoms with van der Waals surface area (Å²) in [5.74, 6) is 2.21. The van der Waals surface area contributed by atoms with Crippen molar-refractivity contribution >= 4 is 52.3 Å². The molecule has 2 aromatic carbocycles. The van der Waals surface area contributed by atoms with Gasteiger partial charge in [0.1, 0.15) is 23.0 Å². The zero-order chi connectivity index (χ0) is 31.8. The first kappa shape index (κ1) is 32.1. The average molecular weight is 666 g/mol. The predicted octanol–water partition coefficient (Wildman–Crippen LogP) is 7.00. The normalized spacial score (nSPS) is 10.5. The summed E-state index contributed by atoms with van der Waals surface area (Å²) in [6, 6.07) is 12.5. The molecular weight excluding hydrogens is 639 g/mol. The fourth-order valence-corrected chi connectivity index (χ4v) is 6.45. The predicted molar refractivity (Wildman–Crippen MR) is 165 cm³/mol. The van der Waals surface area contributed by atoms with Gasteiger partial charge in [-0.05, 0) is 24.3 Å². The van der Waals surface area contributed by atoms with Crippen molar-refractivity contribution in [1.29, 1.82) is 0 Å². The lowest BCUT2D eigenvalue weighted by molar-refractivity contribution is -0.383. The maximum atomic E-state index is 12.7. The summed E-state index contributed by atoms with van der Waals surface area (Å²) < 4.78 is 44.4. The third-order valence-electron chi connectivity index (χ3n) is 5.97. The molecule has 0 spiro atoms. The van der Waals surface area contributed by atoms with Crippen molar-refractivity contribution in [2.45, 2.75) is 13.1 Å². The molecule has 232 valence electrons. The highest BCUT2D eigenvalue weighted by Crippen LogP contribution is 2.47. The zero-order valence-electron chi connectivity index (χ0n) is 23.7. The minimum Gasteiger partial charge on any atom is -0.497 e. The van der Waals surface area contributed by atoms with Gasteiger partial charge in [0.2, 0.25) is 0 Å². The Morgan fingerprint density at radius 1 is 0.682 bits per heavy atom. The summed E-state index contributed by atoms with van der Waals surface area (Å²) >= 11 is 1.70. The molecule has 0 unspecified atom stereocenters. The van der Waals surface area contributed by atoms with Gasteiger partial charge in [-0.1, -0.05) is 22.7 Å². The smallest absolute Gasteiger partial charge is 0.497 e. The van der Waals surface area contributed by atoms with Gasteiger partial charge in [-0.25, -0.2) is 9.05 Å². The summed E-state index contributed by atoms with van der Waals surface area (Å²) in [6.45, 7) is 0.348. The Hall–Kier alpha value is -4.86. The molecule has 0 amide bonds. The van der Waals surface area contributed by atoms with Crippen LogP contribution in [0.5, 0.6) is 33.1 Å². The number of nitrogens with one attached hydrogen (secondary N) is 2. The van der Waals surface area contributed by atoms with E-state index in [0.29, 0.717) is 34.1 Å². The summed E-state index contributed by atoms with van der Waals surface area (Å²) in [7, 11) is 3.13. The van der Waals surface area contributed by atoms with Crippen LogP contribution in [0.3, 0.4) is 0 Å². The van der Waals surface area contributed by atoms with E-state index in [2.05, 4.69) is 10.6 Å². The van der Waals surface area contributed by atoms with Crippen LogP contribution >= 0.6 is 30.9 Å². The van der Waals surface area contributed by atoms with E-state index >= 15 is 0 Å². The number of nitrogens with zero attached hydrogens (tertiary/aromatic N) is 2. The van der Waals surface area contributed by atoms with Gasteiger partial charge in [-0.2, -0.15) is 0 Å². The van der Waals surface area contributed by atoms with E-state index in [9.17, 15) is 24.8 Å². The van der Waals surface area contributed by atoms with Crippen LogP contribution in [-0.2, 0) is 17.7 Å². The highest BCUT2D eigenvalue weighted by Gasteiger charge is 2.32. The summed E-state index contributed by atoms with van der Waals surface area (Å²) in [6.07, 6.45) is 0. The van der Waals surface area contributed by atoms with E-state index in [4.69, 9.17) is 28.0 Å². The van der Waals surface area contributed by atoms with Gasteiger partial charge in [0.05, 0.1) is 50.4 Å². The minimum absolute atomic E-state index is 0.0574. The molecule has 44 heavy (non-hydrogen) atoms. The van der Waals surface area contributed by atoms with Crippen LogP contribution in [0, 0.1) is 20.2 Å². The Bertz CT molecular complexity index is 1560. The molecule has 2 aromatic heterocycles. The summed E-state index contributed by atoms with van der Waals surface area (Å²) in [4.78, 5) is 22.1. The molecule has 0 saturated carbocycles. The largest absolute Gasteiger partial charge is 0.807 e. The van der Waals surface area contributed by atoms with Gasteiger partial charge in [-0.3, -0.25) is 20.2 Å². The molecule has 0 saturated heterocycles. The topological polar surface area (TPSA) is 183 Å². The Morgan fingerprint density at radius 2 is 1.09 bits per heavy atom. The second-order valence-electron chi connectivity index (χ2n) is 8.54. The van der Waals surface area contributed by atoms with Crippen LogP contribution in [0.2, 0.25) is 0 Å². The van der Waals surface area contributed by atoms with Gasteiger partial charge in [0.25, 0.3) is 10.1 Å². The lowest BCUT2D eigenvalue weighted by Gasteiger charge is -2.11. The number of hydrogen-bond donors (Lipinski definition) is 2. The quantitative estimate of drug-likeness (QED) is 0.0709. The zero-order valence-corrected chi connectivity index (χ0v) is 26.2. The maximum absolute atomic E-state index is 12.7. The summed E-state index contributed by atoms with van der Waals surface area (Å²) in [5.41, 5.74) is 0.824. The van der Waals surface area contributed by atoms with E-state index in [1.807, 2.05) is 0 Å². The standard InChI is InChI=1S/C26H26N4O11PS2/c1-36-17-7-5-15(21(9-17)38-3)13-27-25-19(29(31)32)11-23(43-25)40-42(35)41-24-12-20(30(33)34)26(44-24)28-14-16-6-8-18(37-2)10-22(16)39-4/h5-12,27-28H,13-14H2,1-4H3/q+1. The van der Waals surface area contributed by atoms with Crippen molar-refractivity contribution in [1.82, 2.24) is 0 Å². The van der Waals surface area contributed by atoms with E-state index in [1.54, 1.807) is 36.4 Å². The molecule has 0 aliphatic carbocycles. The van der Waals surface area contributed by atoms with E-state index < -0.39 is 18.1 Å². The van der Waals surface area contributed by atoms with Crippen LogP contribution < -0.4 is 38.6 Å². The molecule has 0 fully saturated rings. The number of methoxy groups -OCH3 is 4. The number of hydrogen-bond acceptors (Lipinski definition) is 15. The van der Waals surface area contributed by atoms with Gasteiger partial charge in [0.15, 0.2) is 10.0 Å². The average Bonchev–Trinajstić information content (AvgIpc) is 3.62. The monoisotopic (exact) mass is 665 g/mol. The van der Waals surface area contributed by atoms with Gasteiger partial charge in [-0.15, -0.1) is 0 Å². The molecule has 0 aliphatic rings. The number of ether oxygens (including phenoxy) is 4. The van der Waals surface area contributed by atoms with Crippen LogP contribution in [0.15, 0.2) is 48.5 Å². The molecule has 0 atom stereocenters. The summed E-state index contributed by atoms with van der Waals surface area (Å²) in [5, 5.41) is 29.5. The number of rotatable bonds is 16. The Kier molecular flexibility index (Phi) is 10.6. The third kappa shape index (κ3) is 7.75. The molecule has 0 radical (unpaired) electrons. The first-order valence-corrected chi connectivity index (χ1v) is 15.2. The lowest BCUT2D eigenvalue weighted by atomic mass is 10.2. The second kappa shape index (κ2) is 14.5. The van der Waals surface area contributed by atoms with Crippen molar-refractivity contribution < 1.29 is 42.4 Å². The molecule has 15 nitrogen and oxygen atoms in total. The molecule has 2 N–H and O–H groups in total. The van der Waals surface area contributed by atoms with E-state index in [1.165, 1.54) is 28.4 Å². The SMILES string of the molecule is COc1ccc(CNc2sc(O[P+](=O)Oc3cc([N+](=O)[O-])c(NCc4ccc(OC)cc4OC)s3)cc2[N+](=O)[O-])c(OC)c1. The minimum atomic E-state index is -2.90. The molecule has 4 aromatic rings. The molecule has 18 heteroatoms. The highest BCUT2D eigenvalue weighted by molar-refractivity contribution is 7.36. The Labute approximate surface area is 259 Å². The molecule has 0 bridgehead atoms. The van der Waals surface area contributed by atoms with Gasteiger partial charge < -0.3 is 29.6 Å². The van der Waals surface area contributed by atoms with Gasteiger partial charge >= 0.3 is 19.6 Å². The van der Waals surface area contributed by atoms with Crippen molar-refractivity contribution in [3.63, 3.8) is 0 Å². The number of anilines is 2. The lowest BCUT2D eigenvalue weighted by Crippen LogP contribution is -2.02. The maximum Gasteiger partial charge on any atom is 0.807 e. The number of benzene rings is 2. The Morgan fingerprint density at radius 3 is 1.43 bits per heavy atom. The first-order chi connectivity index (χ1) is 21.1.